The van der Waals surface area contributed by atoms with E-state index in [0.29, 0.717) is 0 Å². The number of anilines is 2. The number of aromatic amines is 1. The molecule has 5 N–H and O–H groups in total. The Bertz CT molecular complexity index is 990. The Labute approximate surface area is 178 Å². The number of H-pyrrole nitrogens is 1. The molecule has 11 heteroatoms. The van der Waals surface area contributed by atoms with Crippen molar-refractivity contribution in [2.24, 2.45) is 11.7 Å². The minimum absolute atomic E-state index is 0.104. The van der Waals surface area contributed by atoms with Crippen LogP contribution in [0.25, 0.3) is 11.0 Å². The number of nitrogens with one attached hydrogen (secondary N) is 2. The molecule has 2 aromatic rings. The van der Waals surface area contributed by atoms with Crippen molar-refractivity contribution in [3.8, 4) is 0 Å². The first kappa shape index (κ1) is 22.0. The standard InChI is InChI=1S/C16H20BrN5O.C2H6O3S/c17-11-6-19-15-13(14(11)22-5-1-2-10(18)8-22)12(7-20-15)21-16(23)9-3-4-9;1-2-6(3,4)5/h6-7,9-10H,1-5,8,18H2,(H,19,20)(H,21,23);2H2,1H3,(H,3,4,5)/t10-;/m1./s1. The van der Waals surface area contributed by atoms with Gasteiger partial charge in [-0.2, -0.15) is 8.42 Å². The minimum Gasteiger partial charge on any atom is -0.368 e. The molecule has 2 aliphatic rings. The van der Waals surface area contributed by atoms with E-state index in [4.69, 9.17) is 10.3 Å². The fourth-order valence-electron chi connectivity index (χ4n) is 3.26. The second-order valence-electron chi connectivity index (χ2n) is 7.36. The van der Waals surface area contributed by atoms with Crippen LogP contribution in [0, 0.1) is 5.92 Å². The molecule has 0 spiro atoms. The normalized spacial score (nSPS) is 19.6. The Morgan fingerprint density at radius 2 is 2.14 bits per heavy atom. The fourth-order valence-corrected chi connectivity index (χ4v) is 3.81. The molecule has 0 aromatic carbocycles. The third-order valence-electron chi connectivity index (χ3n) is 4.97. The first-order valence-corrected chi connectivity index (χ1v) is 12.0. The Hall–Kier alpha value is -1.69. The van der Waals surface area contributed by atoms with Crippen molar-refractivity contribution in [2.75, 3.05) is 29.1 Å². The highest BCUT2D eigenvalue weighted by molar-refractivity contribution is 9.10. The van der Waals surface area contributed by atoms with E-state index in [0.717, 1.165) is 65.7 Å². The molecule has 4 rings (SSSR count). The second-order valence-corrected chi connectivity index (χ2v) is 9.96. The lowest BCUT2D eigenvalue weighted by molar-refractivity contribution is -0.117. The molecule has 2 fully saturated rings. The van der Waals surface area contributed by atoms with Gasteiger partial charge >= 0.3 is 0 Å². The Morgan fingerprint density at radius 1 is 1.45 bits per heavy atom. The number of carbonyl (C=O) groups is 1. The Morgan fingerprint density at radius 3 is 2.72 bits per heavy atom. The second kappa shape index (κ2) is 8.99. The molecule has 1 saturated heterocycles. The number of nitrogens with two attached hydrogens (primary N) is 1. The van der Waals surface area contributed by atoms with Gasteiger partial charge in [0, 0.05) is 37.4 Å². The zero-order valence-corrected chi connectivity index (χ0v) is 18.6. The van der Waals surface area contributed by atoms with Crippen LogP contribution in [0.3, 0.4) is 0 Å². The summed E-state index contributed by atoms with van der Waals surface area (Å²) in [5.41, 5.74) is 8.81. The highest BCUT2D eigenvalue weighted by Gasteiger charge is 2.31. The average Bonchev–Trinajstić information content (AvgIpc) is 3.44. The summed E-state index contributed by atoms with van der Waals surface area (Å²) in [7, 11) is -3.66. The molecule has 1 aliphatic heterocycles. The SMILES string of the molecule is CCS(=O)(=O)O.N[C@@H]1CCCN(c2c(Br)cnc3[nH]cc(NC(=O)C4CC4)c23)C1. The molecule has 1 saturated carbocycles. The lowest BCUT2D eigenvalue weighted by atomic mass is 10.1. The van der Waals surface area contributed by atoms with Crippen LogP contribution in [0.2, 0.25) is 0 Å². The molecule has 0 unspecified atom stereocenters. The van der Waals surface area contributed by atoms with Gasteiger partial charge in [0.05, 0.1) is 27.0 Å². The molecule has 160 valence electrons. The summed E-state index contributed by atoms with van der Waals surface area (Å²) < 4.78 is 27.8. The number of amides is 1. The maximum atomic E-state index is 12.2. The van der Waals surface area contributed by atoms with Gasteiger partial charge in [0.25, 0.3) is 10.1 Å². The average molecular weight is 488 g/mol. The highest BCUT2D eigenvalue weighted by Crippen LogP contribution is 2.39. The van der Waals surface area contributed by atoms with Crippen LogP contribution in [0.15, 0.2) is 16.9 Å². The molecule has 9 nitrogen and oxygen atoms in total. The maximum absolute atomic E-state index is 12.2. The number of pyridine rings is 1. The summed E-state index contributed by atoms with van der Waals surface area (Å²) in [4.78, 5) is 22.0. The van der Waals surface area contributed by atoms with E-state index >= 15 is 0 Å². The van der Waals surface area contributed by atoms with E-state index in [9.17, 15) is 13.2 Å². The van der Waals surface area contributed by atoms with Gasteiger partial charge in [-0.1, -0.05) is 0 Å². The van der Waals surface area contributed by atoms with Crippen molar-refractivity contribution in [1.82, 2.24) is 9.97 Å². The number of hydrogen-bond acceptors (Lipinski definition) is 6. The van der Waals surface area contributed by atoms with Crippen molar-refractivity contribution in [1.29, 1.82) is 0 Å². The number of nitrogens with zero attached hydrogens (tertiary/aromatic N) is 2. The molecule has 1 amide bonds. The summed E-state index contributed by atoms with van der Waals surface area (Å²) >= 11 is 3.63. The molecule has 1 atom stereocenters. The number of aromatic nitrogens is 2. The smallest absolute Gasteiger partial charge is 0.264 e. The Kier molecular flexibility index (Phi) is 6.82. The van der Waals surface area contributed by atoms with Crippen LogP contribution >= 0.6 is 15.9 Å². The molecule has 0 bridgehead atoms. The number of piperidine rings is 1. The summed E-state index contributed by atoms with van der Waals surface area (Å²) in [6.45, 7) is 3.15. The molecule has 29 heavy (non-hydrogen) atoms. The van der Waals surface area contributed by atoms with E-state index in [-0.39, 0.29) is 23.6 Å². The number of hydrogen-bond donors (Lipinski definition) is 4. The first-order chi connectivity index (χ1) is 13.7. The van der Waals surface area contributed by atoms with Gasteiger partial charge in [-0.05, 0) is 48.5 Å². The predicted molar refractivity (Wildman–Crippen MR) is 117 cm³/mol. The van der Waals surface area contributed by atoms with Gasteiger partial charge in [0.1, 0.15) is 5.65 Å². The summed E-state index contributed by atoms with van der Waals surface area (Å²) in [5, 5.41) is 4.02. The monoisotopic (exact) mass is 487 g/mol. The van der Waals surface area contributed by atoms with Gasteiger partial charge < -0.3 is 20.9 Å². The third-order valence-corrected chi connectivity index (χ3v) is 6.28. The van der Waals surface area contributed by atoms with Crippen molar-refractivity contribution in [3.05, 3.63) is 16.9 Å². The van der Waals surface area contributed by atoms with Crippen LogP contribution in [-0.4, -0.2) is 53.7 Å². The van der Waals surface area contributed by atoms with E-state index in [1.807, 2.05) is 6.20 Å². The minimum atomic E-state index is -3.66. The summed E-state index contributed by atoms with van der Waals surface area (Å²) in [5.74, 6) is 0.0755. The highest BCUT2D eigenvalue weighted by atomic mass is 79.9. The molecular formula is C18H26BrN5O4S. The number of fused-ring (bicyclic) bond motifs is 1. The van der Waals surface area contributed by atoms with E-state index in [1.54, 1.807) is 6.20 Å². The van der Waals surface area contributed by atoms with Gasteiger partial charge in [-0.3, -0.25) is 9.35 Å². The topological polar surface area (TPSA) is 141 Å². The molecule has 0 radical (unpaired) electrons. The van der Waals surface area contributed by atoms with Crippen LogP contribution < -0.4 is 16.0 Å². The van der Waals surface area contributed by atoms with Gasteiger partial charge in [0.15, 0.2) is 0 Å². The van der Waals surface area contributed by atoms with Crippen LogP contribution in [0.5, 0.6) is 0 Å². The predicted octanol–water partition coefficient (Wildman–Crippen LogP) is 2.50. The summed E-state index contributed by atoms with van der Waals surface area (Å²) in [6, 6.07) is 0.183. The number of rotatable bonds is 4. The van der Waals surface area contributed by atoms with Gasteiger partial charge in [-0.25, -0.2) is 4.98 Å². The fraction of sp³-hybridized carbons (Fsp3) is 0.556. The van der Waals surface area contributed by atoms with Gasteiger partial charge in [-0.15, -0.1) is 0 Å². The molecule has 3 heterocycles. The quantitative estimate of drug-likeness (QED) is 0.485. The van der Waals surface area contributed by atoms with Crippen LogP contribution in [-0.2, 0) is 14.9 Å². The van der Waals surface area contributed by atoms with E-state index in [1.165, 1.54) is 6.92 Å². The zero-order chi connectivity index (χ0) is 21.2. The maximum Gasteiger partial charge on any atom is 0.264 e. The summed E-state index contributed by atoms with van der Waals surface area (Å²) in [6.07, 6.45) is 7.75. The van der Waals surface area contributed by atoms with E-state index in [2.05, 4.69) is 36.1 Å². The van der Waals surface area contributed by atoms with Crippen molar-refractivity contribution >= 4 is 54.4 Å². The lowest BCUT2D eigenvalue weighted by Gasteiger charge is -2.33. The van der Waals surface area contributed by atoms with Crippen molar-refractivity contribution in [3.63, 3.8) is 0 Å². The lowest BCUT2D eigenvalue weighted by Crippen LogP contribution is -2.43. The number of halogens is 1. The first-order valence-electron chi connectivity index (χ1n) is 9.61. The third kappa shape index (κ3) is 5.68. The van der Waals surface area contributed by atoms with Crippen molar-refractivity contribution < 1.29 is 17.8 Å². The largest absolute Gasteiger partial charge is 0.368 e. The zero-order valence-electron chi connectivity index (χ0n) is 16.2. The van der Waals surface area contributed by atoms with Gasteiger partial charge in [0.2, 0.25) is 5.91 Å². The number of carbonyl (C=O) groups excluding carboxylic acids is 1. The molecule has 1 aliphatic carbocycles. The van der Waals surface area contributed by atoms with Crippen molar-refractivity contribution in [2.45, 2.75) is 38.6 Å². The van der Waals surface area contributed by atoms with Crippen LogP contribution in [0.1, 0.15) is 32.6 Å². The molecular weight excluding hydrogens is 462 g/mol. The Balaban J connectivity index is 0.000000353. The van der Waals surface area contributed by atoms with Crippen LogP contribution in [0.4, 0.5) is 11.4 Å². The molecule has 2 aromatic heterocycles. The van der Waals surface area contributed by atoms with E-state index < -0.39 is 10.1 Å².